The standard InChI is InChI=1S/C14H18Cl2O2/c15-13-2-1-3-14(16)12(13)9-18-11-6-4-10(8-17)5-7-11/h1-3,10-11,17H,4-9H2. The third-order valence-corrected chi connectivity index (χ3v) is 4.29. The number of halogens is 2. The SMILES string of the molecule is OCC1CCC(OCc2c(Cl)cccc2Cl)CC1. The molecule has 1 N–H and O–H groups in total. The lowest BCUT2D eigenvalue weighted by Gasteiger charge is -2.27. The molecule has 0 saturated heterocycles. The maximum absolute atomic E-state index is 9.08. The molecule has 0 spiro atoms. The second-order valence-corrected chi connectivity index (χ2v) is 5.65. The molecule has 1 aromatic rings. The molecule has 1 saturated carbocycles. The first-order valence-electron chi connectivity index (χ1n) is 6.36. The summed E-state index contributed by atoms with van der Waals surface area (Å²) in [7, 11) is 0. The van der Waals surface area contributed by atoms with E-state index < -0.39 is 0 Å². The van der Waals surface area contributed by atoms with Gasteiger partial charge in [0.15, 0.2) is 0 Å². The summed E-state index contributed by atoms with van der Waals surface area (Å²) in [4.78, 5) is 0. The van der Waals surface area contributed by atoms with Gasteiger partial charge in [-0.25, -0.2) is 0 Å². The molecule has 18 heavy (non-hydrogen) atoms. The third kappa shape index (κ3) is 3.61. The van der Waals surface area contributed by atoms with Gasteiger partial charge in [0.1, 0.15) is 0 Å². The fraction of sp³-hybridized carbons (Fsp3) is 0.571. The molecule has 0 aliphatic heterocycles. The van der Waals surface area contributed by atoms with Crippen molar-refractivity contribution in [3.05, 3.63) is 33.8 Å². The van der Waals surface area contributed by atoms with Crippen LogP contribution in [0.25, 0.3) is 0 Å². The van der Waals surface area contributed by atoms with E-state index in [0.717, 1.165) is 31.2 Å². The van der Waals surface area contributed by atoms with Crippen molar-refractivity contribution in [2.75, 3.05) is 6.61 Å². The molecule has 0 aromatic heterocycles. The highest BCUT2D eigenvalue weighted by Gasteiger charge is 2.21. The average Bonchev–Trinajstić information content (AvgIpc) is 2.39. The summed E-state index contributed by atoms with van der Waals surface area (Å²) in [5.74, 6) is 0.453. The Hall–Kier alpha value is -0.280. The number of hydrogen-bond donors (Lipinski definition) is 1. The van der Waals surface area contributed by atoms with Crippen molar-refractivity contribution < 1.29 is 9.84 Å². The maximum atomic E-state index is 9.08. The van der Waals surface area contributed by atoms with Crippen LogP contribution in [-0.4, -0.2) is 17.8 Å². The Morgan fingerprint density at radius 1 is 1.11 bits per heavy atom. The Labute approximate surface area is 118 Å². The van der Waals surface area contributed by atoms with Crippen molar-refractivity contribution in [3.63, 3.8) is 0 Å². The molecular formula is C14H18Cl2O2. The van der Waals surface area contributed by atoms with E-state index in [9.17, 15) is 0 Å². The molecule has 0 amide bonds. The van der Waals surface area contributed by atoms with Crippen LogP contribution in [0.1, 0.15) is 31.2 Å². The van der Waals surface area contributed by atoms with Gasteiger partial charge in [0.2, 0.25) is 0 Å². The van der Waals surface area contributed by atoms with Crippen LogP contribution in [0.15, 0.2) is 18.2 Å². The minimum Gasteiger partial charge on any atom is -0.396 e. The summed E-state index contributed by atoms with van der Waals surface area (Å²) in [6, 6.07) is 5.49. The largest absolute Gasteiger partial charge is 0.396 e. The van der Waals surface area contributed by atoms with Crippen LogP contribution >= 0.6 is 23.2 Å². The number of rotatable bonds is 4. The van der Waals surface area contributed by atoms with Crippen molar-refractivity contribution in [2.24, 2.45) is 5.92 Å². The highest BCUT2D eigenvalue weighted by Crippen LogP contribution is 2.29. The summed E-state index contributed by atoms with van der Waals surface area (Å²) < 4.78 is 5.87. The Kier molecular flexibility index (Phi) is 5.31. The number of ether oxygens (including phenoxy) is 1. The maximum Gasteiger partial charge on any atom is 0.0749 e. The molecule has 0 unspecified atom stereocenters. The molecule has 4 heteroatoms. The predicted molar refractivity (Wildman–Crippen MR) is 74.1 cm³/mol. The lowest BCUT2D eigenvalue weighted by molar-refractivity contribution is 0.00127. The van der Waals surface area contributed by atoms with E-state index in [4.69, 9.17) is 33.0 Å². The van der Waals surface area contributed by atoms with Crippen LogP contribution in [0.2, 0.25) is 10.0 Å². The van der Waals surface area contributed by atoms with E-state index in [1.165, 1.54) is 0 Å². The van der Waals surface area contributed by atoms with Gasteiger partial charge < -0.3 is 9.84 Å². The fourth-order valence-electron chi connectivity index (χ4n) is 2.35. The van der Waals surface area contributed by atoms with Gasteiger partial charge in [0.05, 0.1) is 12.7 Å². The van der Waals surface area contributed by atoms with Gasteiger partial charge in [0.25, 0.3) is 0 Å². The van der Waals surface area contributed by atoms with Gasteiger partial charge in [-0.3, -0.25) is 0 Å². The summed E-state index contributed by atoms with van der Waals surface area (Å²) in [5, 5.41) is 10.4. The number of benzene rings is 1. The number of aliphatic hydroxyl groups is 1. The molecular weight excluding hydrogens is 271 g/mol. The van der Waals surface area contributed by atoms with Gasteiger partial charge in [-0.1, -0.05) is 29.3 Å². The van der Waals surface area contributed by atoms with E-state index in [1.54, 1.807) is 0 Å². The second kappa shape index (κ2) is 6.76. The molecule has 1 aliphatic carbocycles. The quantitative estimate of drug-likeness (QED) is 0.905. The van der Waals surface area contributed by atoms with Crippen molar-refractivity contribution in [3.8, 4) is 0 Å². The van der Waals surface area contributed by atoms with Crippen molar-refractivity contribution in [1.29, 1.82) is 0 Å². The Balaban J connectivity index is 1.85. The van der Waals surface area contributed by atoms with E-state index >= 15 is 0 Å². The number of hydrogen-bond acceptors (Lipinski definition) is 2. The Bertz CT molecular complexity index is 367. The first-order valence-corrected chi connectivity index (χ1v) is 7.11. The first kappa shape index (κ1) is 14.1. The van der Waals surface area contributed by atoms with E-state index in [2.05, 4.69) is 0 Å². The van der Waals surface area contributed by atoms with Crippen LogP contribution in [0.5, 0.6) is 0 Å². The zero-order chi connectivity index (χ0) is 13.0. The smallest absolute Gasteiger partial charge is 0.0749 e. The first-order chi connectivity index (χ1) is 8.70. The average molecular weight is 289 g/mol. The summed E-state index contributed by atoms with van der Waals surface area (Å²) in [6.07, 6.45) is 4.36. The van der Waals surface area contributed by atoms with Crippen LogP contribution in [0, 0.1) is 5.92 Å². The summed E-state index contributed by atoms with van der Waals surface area (Å²) in [6.45, 7) is 0.760. The predicted octanol–water partition coefficient (Wildman–Crippen LogP) is 4.06. The minimum atomic E-state index is 0.264. The van der Waals surface area contributed by atoms with Crippen molar-refractivity contribution in [1.82, 2.24) is 0 Å². The zero-order valence-corrected chi connectivity index (χ0v) is 11.8. The second-order valence-electron chi connectivity index (χ2n) is 4.84. The van der Waals surface area contributed by atoms with Crippen molar-refractivity contribution in [2.45, 2.75) is 38.4 Å². The molecule has 100 valence electrons. The van der Waals surface area contributed by atoms with Gasteiger partial charge in [-0.2, -0.15) is 0 Å². The minimum absolute atomic E-state index is 0.264. The molecule has 2 nitrogen and oxygen atoms in total. The molecule has 0 heterocycles. The van der Waals surface area contributed by atoms with Gasteiger partial charge in [-0.05, 0) is 43.7 Å². The molecule has 0 radical (unpaired) electrons. The van der Waals surface area contributed by atoms with Crippen LogP contribution < -0.4 is 0 Å². The highest BCUT2D eigenvalue weighted by molar-refractivity contribution is 6.35. The van der Waals surface area contributed by atoms with Gasteiger partial charge in [-0.15, -0.1) is 0 Å². The molecule has 1 aromatic carbocycles. The van der Waals surface area contributed by atoms with Crippen LogP contribution in [0.4, 0.5) is 0 Å². The zero-order valence-electron chi connectivity index (χ0n) is 10.2. The molecule has 1 aliphatic rings. The van der Waals surface area contributed by atoms with Crippen molar-refractivity contribution >= 4 is 23.2 Å². The van der Waals surface area contributed by atoms with Crippen LogP contribution in [0.3, 0.4) is 0 Å². The van der Waals surface area contributed by atoms with Crippen LogP contribution in [-0.2, 0) is 11.3 Å². The summed E-state index contributed by atoms with van der Waals surface area (Å²) in [5.41, 5.74) is 0.866. The van der Waals surface area contributed by atoms with E-state index in [0.29, 0.717) is 29.2 Å². The normalized spacial score (nSPS) is 24.2. The van der Waals surface area contributed by atoms with Gasteiger partial charge >= 0.3 is 0 Å². The molecule has 1 fully saturated rings. The van der Waals surface area contributed by atoms with E-state index in [-0.39, 0.29) is 6.10 Å². The lowest BCUT2D eigenvalue weighted by atomic mass is 9.88. The van der Waals surface area contributed by atoms with E-state index in [1.807, 2.05) is 18.2 Å². The topological polar surface area (TPSA) is 29.5 Å². The molecule has 2 rings (SSSR count). The Morgan fingerprint density at radius 2 is 1.72 bits per heavy atom. The molecule has 0 atom stereocenters. The van der Waals surface area contributed by atoms with Gasteiger partial charge in [0, 0.05) is 22.2 Å². The monoisotopic (exact) mass is 288 g/mol. The number of aliphatic hydroxyl groups excluding tert-OH is 1. The highest BCUT2D eigenvalue weighted by atomic mass is 35.5. The lowest BCUT2D eigenvalue weighted by Crippen LogP contribution is -2.23. The fourth-order valence-corrected chi connectivity index (χ4v) is 2.86. The molecule has 0 bridgehead atoms. The third-order valence-electron chi connectivity index (χ3n) is 3.58. The Morgan fingerprint density at radius 3 is 2.28 bits per heavy atom. The summed E-state index contributed by atoms with van der Waals surface area (Å²) >= 11 is 12.2.